The van der Waals surface area contributed by atoms with E-state index in [-0.39, 0.29) is 12.4 Å². The molecule has 0 aliphatic heterocycles. The first-order valence-corrected chi connectivity index (χ1v) is 9.55. The monoisotopic (exact) mass is 451 g/mol. The van der Waals surface area contributed by atoms with Crippen molar-refractivity contribution in [3.63, 3.8) is 0 Å². The zero-order valence-corrected chi connectivity index (χ0v) is 17.8. The second-order valence-electron chi connectivity index (χ2n) is 6.94. The van der Waals surface area contributed by atoms with Crippen molar-refractivity contribution in [2.24, 2.45) is 0 Å². The number of ether oxygens (including phenoxy) is 3. The van der Waals surface area contributed by atoms with E-state index in [2.05, 4.69) is 4.74 Å². The molecule has 0 bridgehead atoms. The molecule has 0 aromatic heterocycles. The van der Waals surface area contributed by atoms with E-state index < -0.39 is 12.3 Å². The molecule has 0 spiro atoms. The van der Waals surface area contributed by atoms with Crippen molar-refractivity contribution in [2.75, 3.05) is 7.11 Å². The van der Waals surface area contributed by atoms with Gasteiger partial charge in [0.1, 0.15) is 23.9 Å². The van der Waals surface area contributed by atoms with E-state index in [0.29, 0.717) is 29.0 Å². The van der Waals surface area contributed by atoms with Crippen LogP contribution in [0.2, 0.25) is 0 Å². The summed E-state index contributed by atoms with van der Waals surface area (Å²) in [5, 5.41) is 8.72. The molecule has 2 rings (SSSR count). The molecule has 9 heteroatoms. The quantitative estimate of drug-likeness (QED) is 0.237. The predicted molar refractivity (Wildman–Crippen MR) is 113 cm³/mol. The van der Waals surface area contributed by atoms with Crippen LogP contribution >= 0.6 is 0 Å². The minimum absolute atomic E-state index is 0.0499. The largest absolute Gasteiger partial charge is 0.573 e. The summed E-state index contributed by atoms with van der Waals surface area (Å²) < 4.78 is 52.4. The van der Waals surface area contributed by atoms with E-state index in [1.165, 1.54) is 42.9 Å². The molecule has 172 valence electrons. The summed E-state index contributed by atoms with van der Waals surface area (Å²) in [5.41, 5.74) is 4.50. The molecular formula is C23H24F3NO5. The molecule has 2 aromatic carbocycles. The molecule has 0 saturated heterocycles. The van der Waals surface area contributed by atoms with Crippen LogP contribution in [0.25, 0.3) is 6.08 Å². The molecule has 0 aliphatic rings. The van der Waals surface area contributed by atoms with Gasteiger partial charge in [0.25, 0.3) is 5.91 Å². The average Bonchev–Trinajstić information content (AvgIpc) is 2.74. The van der Waals surface area contributed by atoms with Crippen LogP contribution in [-0.4, -0.2) is 24.6 Å². The van der Waals surface area contributed by atoms with Gasteiger partial charge >= 0.3 is 6.36 Å². The highest BCUT2D eigenvalue weighted by Crippen LogP contribution is 2.35. The fourth-order valence-electron chi connectivity index (χ4n) is 2.77. The first-order chi connectivity index (χ1) is 15.1. The molecule has 0 heterocycles. The molecule has 32 heavy (non-hydrogen) atoms. The van der Waals surface area contributed by atoms with Crippen LogP contribution in [0.15, 0.2) is 54.1 Å². The lowest BCUT2D eigenvalue weighted by molar-refractivity contribution is -0.274. The van der Waals surface area contributed by atoms with Crippen LogP contribution in [0.3, 0.4) is 0 Å². The minimum atomic E-state index is -4.76. The highest BCUT2D eigenvalue weighted by atomic mass is 19.4. The maximum absolute atomic E-state index is 12.3. The van der Waals surface area contributed by atoms with Gasteiger partial charge in [-0.15, -0.1) is 13.2 Å². The summed E-state index contributed by atoms with van der Waals surface area (Å²) in [5.74, 6) is -0.0157. The Morgan fingerprint density at radius 3 is 2.38 bits per heavy atom. The van der Waals surface area contributed by atoms with Crippen molar-refractivity contribution in [1.29, 1.82) is 0 Å². The third-order valence-corrected chi connectivity index (χ3v) is 4.25. The van der Waals surface area contributed by atoms with Crippen molar-refractivity contribution in [3.05, 3.63) is 70.8 Å². The SMILES string of the molecule is COc1ccc(/C=C/C(=O)NO)c(OCc2ccc(OC(F)(F)F)cc2)c1CC=C(C)C. The number of amides is 1. The predicted octanol–water partition coefficient (Wildman–Crippen LogP) is 5.20. The van der Waals surface area contributed by atoms with Gasteiger partial charge in [-0.25, -0.2) is 5.48 Å². The summed E-state index contributed by atoms with van der Waals surface area (Å²) in [6.45, 7) is 3.95. The first kappa shape index (κ1) is 24.8. The van der Waals surface area contributed by atoms with E-state index in [4.69, 9.17) is 14.7 Å². The van der Waals surface area contributed by atoms with Crippen LogP contribution in [0.1, 0.15) is 30.5 Å². The molecule has 6 nitrogen and oxygen atoms in total. The Morgan fingerprint density at radius 2 is 1.81 bits per heavy atom. The summed E-state index contributed by atoms with van der Waals surface area (Å²) in [4.78, 5) is 11.4. The van der Waals surface area contributed by atoms with Crippen LogP contribution < -0.4 is 19.7 Å². The average molecular weight is 451 g/mol. The van der Waals surface area contributed by atoms with Crippen LogP contribution in [0, 0.1) is 0 Å². The Labute approximate surface area is 183 Å². The molecule has 0 unspecified atom stereocenters. The number of allylic oxidation sites excluding steroid dienone is 2. The van der Waals surface area contributed by atoms with E-state index in [1.54, 1.807) is 12.1 Å². The van der Waals surface area contributed by atoms with Crippen molar-refractivity contribution in [2.45, 2.75) is 33.2 Å². The third-order valence-electron chi connectivity index (χ3n) is 4.25. The Balaban J connectivity index is 2.36. The topological polar surface area (TPSA) is 77.0 Å². The zero-order valence-electron chi connectivity index (χ0n) is 17.8. The Morgan fingerprint density at radius 1 is 1.12 bits per heavy atom. The number of hydroxylamine groups is 1. The molecular weight excluding hydrogens is 427 g/mol. The molecule has 0 aliphatic carbocycles. The maximum Gasteiger partial charge on any atom is 0.573 e. The van der Waals surface area contributed by atoms with Crippen LogP contribution in [-0.2, 0) is 17.8 Å². The number of halogens is 3. The number of methoxy groups -OCH3 is 1. The summed E-state index contributed by atoms with van der Waals surface area (Å²) in [7, 11) is 1.53. The number of nitrogens with one attached hydrogen (secondary N) is 1. The molecule has 0 saturated carbocycles. The van der Waals surface area contributed by atoms with E-state index in [9.17, 15) is 18.0 Å². The number of hydrogen-bond acceptors (Lipinski definition) is 5. The van der Waals surface area contributed by atoms with Gasteiger partial charge in [0.05, 0.1) is 7.11 Å². The third kappa shape index (κ3) is 7.66. The van der Waals surface area contributed by atoms with Crippen molar-refractivity contribution >= 4 is 12.0 Å². The Hall–Kier alpha value is -3.46. The molecule has 0 radical (unpaired) electrons. The highest BCUT2D eigenvalue weighted by molar-refractivity contribution is 5.91. The van der Waals surface area contributed by atoms with Gasteiger partial charge in [-0.2, -0.15) is 0 Å². The highest BCUT2D eigenvalue weighted by Gasteiger charge is 2.30. The first-order valence-electron chi connectivity index (χ1n) is 9.55. The normalized spacial score (nSPS) is 11.2. The molecule has 1 amide bonds. The fraction of sp³-hybridized carbons (Fsp3) is 0.261. The summed E-state index contributed by atoms with van der Waals surface area (Å²) >= 11 is 0. The molecule has 2 N–H and O–H groups in total. The standard InChI is InChI=1S/C23H24F3NO5/c1-15(2)4-11-19-20(30-3)12-7-17(8-13-21(28)27-29)22(19)31-14-16-5-9-18(10-6-16)32-23(24,25)26/h4-10,12-13,29H,11,14H2,1-3H3,(H,27,28)/b13-8+. The van der Waals surface area contributed by atoms with E-state index in [1.807, 2.05) is 19.9 Å². The van der Waals surface area contributed by atoms with Gasteiger partial charge in [-0.3, -0.25) is 10.0 Å². The van der Waals surface area contributed by atoms with E-state index in [0.717, 1.165) is 17.2 Å². The fourth-order valence-corrected chi connectivity index (χ4v) is 2.77. The van der Waals surface area contributed by atoms with Crippen LogP contribution in [0.4, 0.5) is 13.2 Å². The minimum Gasteiger partial charge on any atom is -0.496 e. The zero-order chi connectivity index (χ0) is 23.7. The lowest BCUT2D eigenvalue weighted by Crippen LogP contribution is -2.17. The van der Waals surface area contributed by atoms with Crippen molar-refractivity contribution in [1.82, 2.24) is 5.48 Å². The molecule has 0 fully saturated rings. The Bertz CT molecular complexity index is 978. The van der Waals surface area contributed by atoms with Gasteiger partial charge < -0.3 is 14.2 Å². The lowest BCUT2D eigenvalue weighted by atomic mass is 10.0. The van der Waals surface area contributed by atoms with Crippen molar-refractivity contribution < 1.29 is 37.4 Å². The number of alkyl halides is 3. The molecule has 0 atom stereocenters. The number of hydrogen-bond donors (Lipinski definition) is 2. The Kier molecular flexibility index (Phi) is 8.71. The van der Waals surface area contributed by atoms with Gasteiger partial charge in [-0.05, 0) is 56.2 Å². The molecule has 2 aromatic rings. The van der Waals surface area contributed by atoms with Crippen LogP contribution in [0.5, 0.6) is 17.2 Å². The summed E-state index contributed by atoms with van der Waals surface area (Å²) in [6, 6.07) is 8.77. The van der Waals surface area contributed by atoms with Gasteiger partial charge in [0.2, 0.25) is 0 Å². The van der Waals surface area contributed by atoms with E-state index >= 15 is 0 Å². The number of benzene rings is 2. The second kappa shape index (κ2) is 11.2. The van der Waals surface area contributed by atoms with Gasteiger partial charge in [0.15, 0.2) is 0 Å². The lowest BCUT2D eigenvalue weighted by Gasteiger charge is -2.17. The van der Waals surface area contributed by atoms with Gasteiger partial charge in [0, 0.05) is 17.2 Å². The van der Waals surface area contributed by atoms with Crippen molar-refractivity contribution in [3.8, 4) is 17.2 Å². The maximum atomic E-state index is 12.3. The summed E-state index contributed by atoms with van der Waals surface area (Å²) in [6.07, 6.45) is 0.338. The number of rotatable bonds is 9. The number of carbonyl (C=O) groups excluding carboxylic acids is 1. The second-order valence-corrected chi connectivity index (χ2v) is 6.94. The smallest absolute Gasteiger partial charge is 0.496 e. The van der Waals surface area contributed by atoms with Gasteiger partial charge in [-0.1, -0.05) is 23.8 Å². The number of carbonyl (C=O) groups is 1.